The number of nitrogens with zero attached hydrogens (tertiary/aromatic N) is 3. The molecular weight excluding hydrogens is 290 g/mol. The minimum atomic E-state index is -0.0279. The molecule has 0 bridgehead atoms. The lowest BCUT2D eigenvalue weighted by Crippen LogP contribution is -2.21. The topological polar surface area (TPSA) is 77.7 Å². The molecule has 1 unspecified atom stereocenters. The molecule has 0 radical (unpaired) electrons. The van der Waals surface area contributed by atoms with Crippen LogP contribution in [0.15, 0.2) is 35.3 Å². The number of H-pyrrole nitrogens is 2. The first-order valence-electron chi connectivity index (χ1n) is 7.91. The van der Waals surface area contributed by atoms with Crippen molar-refractivity contribution in [2.75, 3.05) is 13.1 Å². The number of aromatic amines is 2. The van der Waals surface area contributed by atoms with E-state index in [1.54, 1.807) is 0 Å². The highest BCUT2D eigenvalue weighted by molar-refractivity contribution is 5.84. The van der Waals surface area contributed by atoms with Gasteiger partial charge in [-0.05, 0) is 36.9 Å². The van der Waals surface area contributed by atoms with Crippen LogP contribution in [0.25, 0.3) is 10.8 Å². The molecule has 1 fully saturated rings. The normalized spacial score (nSPS) is 18.7. The molecule has 0 aliphatic carbocycles. The summed E-state index contributed by atoms with van der Waals surface area (Å²) in [5.41, 5.74) is 1.13. The second kappa shape index (κ2) is 5.62. The van der Waals surface area contributed by atoms with Crippen LogP contribution < -0.4 is 5.56 Å². The predicted octanol–water partition coefficient (Wildman–Crippen LogP) is 1.94. The van der Waals surface area contributed by atoms with Crippen molar-refractivity contribution in [2.45, 2.75) is 25.8 Å². The molecule has 0 amide bonds. The molecule has 23 heavy (non-hydrogen) atoms. The molecule has 1 saturated heterocycles. The fourth-order valence-corrected chi connectivity index (χ4v) is 3.37. The molecule has 0 saturated carbocycles. The molecule has 2 aromatic heterocycles. The Hall–Kier alpha value is -2.47. The molecule has 2 N–H and O–H groups in total. The van der Waals surface area contributed by atoms with E-state index in [0.29, 0.717) is 5.92 Å². The number of likely N-dealkylation sites (tertiary alicyclic amines) is 1. The third-order valence-corrected chi connectivity index (χ3v) is 4.54. The van der Waals surface area contributed by atoms with E-state index in [-0.39, 0.29) is 5.56 Å². The SMILES string of the molecule is Cc1nc(C2CCN(Cc3c[nH]c(=O)c4ccccc34)C2)n[nH]1. The van der Waals surface area contributed by atoms with Crippen molar-refractivity contribution in [3.63, 3.8) is 0 Å². The van der Waals surface area contributed by atoms with Gasteiger partial charge in [0.05, 0.1) is 0 Å². The maximum Gasteiger partial charge on any atom is 0.255 e. The Morgan fingerprint density at radius 1 is 1.30 bits per heavy atom. The van der Waals surface area contributed by atoms with Crippen molar-refractivity contribution in [3.8, 4) is 0 Å². The van der Waals surface area contributed by atoms with E-state index in [1.807, 2.05) is 37.4 Å². The second-order valence-corrected chi connectivity index (χ2v) is 6.19. The van der Waals surface area contributed by atoms with Gasteiger partial charge < -0.3 is 4.98 Å². The highest BCUT2D eigenvalue weighted by Gasteiger charge is 2.27. The molecule has 1 atom stereocenters. The van der Waals surface area contributed by atoms with Crippen LogP contribution in [0.1, 0.15) is 29.6 Å². The molecule has 6 nitrogen and oxygen atoms in total. The molecular formula is C17H19N5O. The summed E-state index contributed by atoms with van der Waals surface area (Å²) >= 11 is 0. The minimum Gasteiger partial charge on any atom is -0.328 e. The van der Waals surface area contributed by atoms with Gasteiger partial charge in [-0.25, -0.2) is 4.98 Å². The first-order valence-corrected chi connectivity index (χ1v) is 7.91. The van der Waals surface area contributed by atoms with Gasteiger partial charge in [0.15, 0.2) is 5.82 Å². The lowest BCUT2D eigenvalue weighted by Gasteiger charge is -2.16. The highest BCUT2D eigenvalue weighted by Crippen LogP contribution is 2.26. The van der Waals surface area contributed by atoms with Crippen molar-refractivity contribution >= 4 is 10.8 Å². The maximum absolute atomic E-state index is 11.9. The standard InChI is InChI=1S/C17H19N5O/c1-11-19-16(21-20-11)12-6-7-22(9-12)10-13-8-18-17(23)15-5-3-2-4-14(13)15/h2-5,8,12H,6-7,9-10H2,1H3,(H,18,23)(H,19,20,21). The van der Waals surface area contributed by atoms with Crippen LogP contribution in [0.3, 0.4) is 0 Å². The van der Waals surface area contributed by atoms with Crippen LogP contribution in [0.2, 0.25) is 0 Å². The molecule has 118 valence electrons. The third-order valence-electron chi connectivity index (χ3n) is 4.54. The summed E-state index contributed by atoms with van der Waals surface area (Å²) in [4.78, 5) is 21.6. The Bertz CT molecular complexity index is 897. The van der Waals surface area contributed by atoms with E-state index in [9.17, 15) is 4.79 Å². The summed E-state index contributed by atoms with van der Waals surface area (Å²) in [5, 5.41) is 9.00. The molecule has 4 rings (SSSR count). The van der Waals surface area contributed by atoms with Crippen LogP contribution in [0.5, 0.6) is 0 Å². The average Bonchev–Trinajstić information content (AvgIpc) is 3.19. The van der Waals surface area contributed by atoms with Crippen LogP contribution in [-0.4, -0.2) is 38.2 Å². The van der Waals surface area contributed by atoms with Gasteiger partial charge in [-0.3, -0.25) is 14.8 Å². The maximum atomic E-state index is 11.9. The zero-order chi connectivity index (χ0) is 15.8. The van der Waals surface area contributed by atoms with Crippen molar-refractivity contribution in [1.29, 1.82) is 0 Å². The zero-order valence-electron chi connectivity index (χ0n) is 13.0. The van der Waals surface area contributed by atoms with Gasteiger partial charge in [0, 0.05) is 30.6 Å². The van der Waals surface area contributed by atoms with Crippen molar-refractivity contribution in [3.05, 3.63) is 58.0 Å². The number of pyridine rings is 1. The number of aromatic nitrogens is 4. The largest absolute Gasteiger partial charge is 0.328 e. The fourth-order valence-electron chi connectivity index (χ4n) is 3.37. The highest BCUT2D eigenvalue weighted by atomic mass is 16.1. The molecule has 3 heterocycles. The monoisotopic (exact) mass is 309 g/mol. The number of rotatable bonds is 3. The number of hydrogen-bond donors (Lipinski definition) is 2. The van der Waals surface area contributed by atoms with Gasteiger partial charge >= 0.3 is 0 Å². The Morgan fingerprint density at radius 3 is 2.91 bits per heavy atom. The van der Waals surface area contributed by atoms with Crippen LogP contribution >= 0.6 is 0 Å². The fraction of sp³-hybridized carbons (Fsp3) is 0.353. The summed E-state index contributed by atoms with van der Waals surface area (Å²) in [6, 6.07) is 7.78. The first kappa shape index (κ1) is 14.1. The molecule has 1 aliphatic heterocycles. The van der Waals surface area contributed by atoms with Gasteiger partial charge in [0.1, 0.15) is 5.82 Å². The number of benzene rings is 1. The Labute approximate surface area is 133 Å². The molecule has 6 heteroatoms. The number of hydrogen-bond acceptors (Lipinski definition) is 4. The summed E-state index contributed by atoms with van der Waals surface area (Å²) in [5.74, 6) is 2.16. The van der Waals surface area contributed by atoms with E-state index in [4.69, 9.17) is 0 Å². The van der Waals surface area contributed by atoms with Gasteiger partial charge in [0.25, 0.3) is 5.56 Å². The van der Waals surface area contributed by atoms with E-state index in [0.717, 1.165) is 54.0 Å². The second-order valence-electron chi connectivity index (χ2n) is 6.19. The number of fused-ring (bicyclic) bond motifs is 1. The van der Waals surface area contributed by atoms with E-state index < -0.39 is 0 Å². The first-order chi connectivity index (χ1) is 11.2. The minimum absolute atomic E-state index is 0.0279. The van der Waals surface area contributed by atoms with Crippen molar-refractivity contribution in [1.82, 2.24) is 25.1 Å². The molecule has 3 aromatic rings. The quantitative estimate of drug-likeness (QED) is 0.775. The Balaban J connectivity index is 1.56. The number of nitrogens with one attached hydrogen (secondary N) is 2. The Kier molecular flexibility index (Phi) is 3.46. The van der Waals surface area contributed by atoms with Gasteiger partial charge in [-0.2, -0.15) is 5.10 Å². The lowest BCUT2D eigenvalue weighted by molar-refractivity contribution is 0.326. The van der Waals surface area contributed by atoms with Crippen LogP contribution in [0.4, 0.5) is 0 Å². The van der Waals surface area contributed by atoms with Crippen LogP contribution in [0, 0.1) is 6.92 Å². The molecule has 0 spiro atoms. The summed E-state index contributed by atoms with van der Waals surface area (Å²) in [6.45, 7) is 4.73. The van der Waals surface area contributed by atoms with Gasteiger partial charge in [-0.1, -0.05) is 18.2 Å². The average molecular weight is 309 g/mol. The van der Waals surface area contributed by atoms with E-state index in [2.05, 4.69) is 25.1 Å². The summed E-state index contributed by atoms with van der Waals surface area (Å²) < 4.78 is 0. The molecule has 1 aliphatic rings. The van der Waals surface area contributed by atoms with E-state index >= 15 is 0 Å². The summed E-state index contributed by atoms with van der Waals surface area (Å²) in [6.07, 6.45) is 2.91. The third kappa shape index (κ3) is 2.66. The smallest absolute Gasteiger partial charge is 0.255 e. The predicted molar refractivity (Wildman–Crippen MR) is 88.3 cm³/mol. The molecule has 1 aromatic carbocycles. The number of aryl methyl sites for hydroxylation is 1. The van der Waals surface area contributed by atoms with E-state index in [1.165, 1.54) is 0 Å². The summed E-state index contributed by atoms with van der Waals surface area (Å²) in [7, 11) is 0. The zero-order valence-corrected chi connectivity index (χ0v) is 13.0. The Morgan fingerprint density at radius 2 is 2.13 bits per heavy atom. The van der Waals surface area contributed by atoms with Crippen molar-refractivity contribution < 1.29 is 0 Å². The lowest BCUT2D eigenvalue weighted by atomic mass is 10.1. The van der Waals surface area contributed by atoms with Crippen molar-refractivity contribution in [2.24, 2.45) is 0 Å². The van der Waals surface area contributed by atoms with Crippen LogP contribution in [-0.2, 0) is 6.54 Å². The van der Waals surface area contributed by atoms with Gasteiger partial charge in [0.2, 0.25) is 0 Å². The van der Waals surface area contributed by atoms with Gasteiger partial charge in [-0.15, -0.1) is 0 Å².